The minimum absolute atomic E-state index is 0.0133. The molecule has 2 aromatic carbocycles. The first kappa shape index (κ1) is 14.8. The van der Waals surface area contributed by atoms with Crippen LogP contribution < -0.4 is 0 Å². The van der Waals surface area contributed by atoms with E-state index < -0.39 is 0 Å². The molecule has 0 heterocycles. The van der Waals surface area contributed by atoms with Crippen molar-refractivity contribution < 1.29 is 9.90 Å². The summed E-state index contributed by atoms with van der Waals surface area (Å²) in [6.07, 6.45) is 1.10. The Balaban J connectivity index is 1.81. The van der Waals surface area contributed by atoms with E-state index >= 15 is 0 Å². The standard InChI is InChI=1S/C19H21NO2/c1-13(21)9-10-20(2)19(22)15-7-8-18-16(12-15)11-14-5-3-4-6-17(14)18/h3-8,12-13,21H,9-11H2,1-2H3. The number of aliphatic hydroxyl groups excluding tert-OH is 1. The summed E-state index contributed by atoms with van der Waals surface area (Å²) in [5.74, 6) is 0.0133. The van der Waals surface area contributed by atoms with Gasteiger partial charge in [0.2, 0.25) is 0 Å². The van der Waals surface area contributed by atoms with Gasteiger partial charge in [-0.2, -0.15) is 0 Å². The largest absolute Gasteiger partial charge is 0.393 e. The number of aliphatic hydroxyl groups is 1. The highest BCUT2D eigenvalue weighted by Gasteiger charge is 2.20. The first-order valence-electron chi connectivity index (χ1n) is 7.71. The van der Waals surface area contributed by atoms with E-state index in [2.05, 4.69) is 30.3 Å². The van der Waals surface area contributed by atoms with Crippen LogP contribution in [0.2, 0.25) is 0 Å². The second-order valence-electron chi connectivity index (χ2n) is 6.07. The fraction of sp³-hybridized carbons (Fsp3) is 0.316. The monoisotopic (exact) mass is 295 g/mol. The smallest absolute Gasteiger partial charge is 0.253 e. The lowest BCUT2D eigenvalue weighted by Crippen LogP contribution is -2.29. The number of carbonyl (C=O) groups excluding carboxylic acids is 1. The molecule has 2 aromatic rings. The molecular formula is C19H21NO2. The Morgan fingerprint density at radius 1 is 1.18 bits per heavy atom. The summed E-state index contributed by atoms with van der Waals surface area (Å²) in [5, 5.41) is 9.34. The van der Waals surface area contributed by atoms with Gasteiger partial charge in [-0.15, -0.1) is 0 Å². The van der Waals surface area contributed by atoms with Crippen molar-refractivity contribution in [3.8, 4) is 11.1 Å². The lowest BCUT2D eigenvalue weighted by atomic mass is 10.0. The van der Waals surface area contributed by atoms with E-state index in [0.29, 0.717) is 13.0 Å². The van der Waals surface area contributed by atoms with Gasteiger partial charge in [0.15, 0.2) is 0 Å². The topological polar surface area (TPSA) is 40.5 Å². The number of fused-ring (bicyclic) bond motifs is 3. The highest BCUT2D eigenvalue weighted by molar-refractivity contribution is 5.95. The maximum Gasteiger partial charge on any atom is 0.253 e. The van der Waals surface area contributed by atoms with Crippen LogP contribution in [0.1, 0.15) is 34.8 Å². The highest BCUT2D eigenvalue weighted by atomic mass is 16.3. The number of hydrogen-bond acceptors (Lipinski definition) is 2. The van der Waals surface area contributed by atoms with E-state index in [4.69, 9.17) is 0 Å². The lowest BCUT2D eigenvalue weighted by molar-refractivity contribution is 0.0769. The predicted octanol–water partition coefficient (Wildman–Crippen LogP) is 3.10. The van der Waals surface area contributed by atoms with Crippen molar-refractivity contribution in [2.24, 2.45) is 0 Å². The molecule has 3 rings (SSSR count). The van der Waals surface area contributed by atoms with Crippen molar-refractivity contribution in [1.82, 2.24) is 4.90 Å². The number of rotatable bonds is 4. The van der Waals surface area contributed by atoms with Gasteiger partial charge >= 0.3 is 0 Å². The normalized spacial score (nSPS) is 13.4. The Bertz CT molecular complexity index is 706. The summed E-state index contributed by atoms with van der Waals surface area (Å²) in [4.78, 5) is 14.2. The van der Waals surface area contributed by atoms with Crippen molar-refractivity contribution in [1.29, 1.82) is 0 Å². The number of benzene rings is 2. The maximum absolute atomic E-state index is 12.5. The first-order valence-corrected chi connectivity index (χ1v) is 7.71. The number of carbonyl (C=O) groups is 1. The third-order valence-corrected chi connectivity index (χ3v) is 4.27. The van der Waals surface area contributed by atoms with Gasteiger partial charge in [0, 0.05) is 19.2 Å². The number of hydrogen-bond donors (Lipinski definition) is 1. The van der Waals surface area contributed by atoms with E-state index in [1.807, 2.05) is 12.1 Å². The van der Waals surface area contributed by atoms with Crippen LogP contribution >= 0.6 is 0 Å². The van der Waals surface area contributed by atoms with E-state index in [1.54, 1.807) is 18.9 Å². The van der Waals surface area contributed by atoms with E-state index in [1.165, 1.54) is 22.3 Å². The second-order valence-corrected chi connectivity index (χ2v) is 6.07. The van der Waals surface area contributed by atoms with Crippen LogP contribution in [0.5, 0.6) is 0 Å². The van der Waals surface area contributed by atoms with Crippen LogP contribution in [0.15, 0.2) is 42.5 Å². The molecule has 0 bridgehead atoms. The van der Waals surface area contributed by atoms with Crippen LogP contribution in [-0.2, 0) is 6.42 Å². The molecule has 0 aromatic heterocycles. The molecule has 0 spiro atoms. The molecule has 22 heavy (non-hydrogen) atoms. The molecule has 1 atom stereocenters. The molecule has 3 heteroatoms. The third kappa shape index (κ3) is 2.77. The minimum Gasteiger partial charge on any atom is -0.393 e. The summed E-state index contributed by atoms with van der Waals surface area (Å²) in [6, 6.07) is 14.4. The van der Waals surface area contributed by atoms with E-state index in [0.717, 1.165) is 12.0 Å². The number of nitrogens with zero attached hydrogens (tertiary/aromatic N) is 1. The van der Waals surface area contributed by atoms with Gasteiger partial charge in [0.25, 0.3) is 5.91 Å². The van der Waals surface area contributed by atoms with Crippen molar-refractivity contribution >= 4 is 5.91 Å². The molecule has 114 valence electrons. The molecular weight excluding hydrogens is 274 g/mol. The average Bonchev–Trinajstić information content (AvgIpc) is 2.89. The summed E-state index contributed by atoms with van der Waals surface area (Å²) < 4.78 is 0. The summed E-state index contributed by atoms with van der Waals surface area (Å²) >= 11 is 0. The molecule has 0 saturated carbocycles. The zero-order valence-corrected chi connectivity index (χ0v) is 13.0. The van der Waals surface area contributed by atoms with Crippen LogP contribution in [-0.4, -0.2) is 35.6 Å². The fourth-order valence-electron chi connectivity index (χ4n) is 2.98. The predicted molar refractivity (Wildman–Crippen MR) is 87.9 cm³/mol. The maximum atomic E-state index is 12.5. The summed E-state index contributed by atoms with van der Waals surface area (Å²) in [5.41, 5.74) is 5.78. The molecule has 0 aliphatic heterocycles. The van der Waals surface area contributed by atoms with Crippen molar-refractivity contribution in [2.75, 3.05) is 13.6 Å². The van der Waals surface area contributed by atoms with Gasteiger partial charge in [0.05, 0.1) is 6.10 Å². The van der Waals surface area contributed by atoms with Gasteiger partial charge in [-0.05, 0) is 54.2 Å². The van der Waals surface area contributed by atoms with Gasteiger partial charge in [0.1, 0.15) is 0 Å². The molecule has 0 fully saturated rings. The SMILES string of the molecule is CC(O)CCN(C)C(=O)c1ccc2c(c1)Cc1ccccc1-2. The minimum atomic E-state index is -0.384. The average molecular weight is 295 g/mol. The van der Waals surface area contributed by atoms with Crippen molar-refractivity contribution in [3.05, 3.63) is 59.2 Å². The van der Waals surface area contributed by atoms with Gasteiger partial charge in [-0.3, -0.25) is 4.79 Å². The molecule has 1 aliphatic carbocycles. The Kier molecular flexibility index (Phi) is 3.99. The number of amides is 1. The van der Waals surface area contributed by atoms with Gasteiger partial charge in [-0.25, -0.2) is 0 Å². The molecule has 0 saturated heterocycles. The van der Waals surface area contributed by atoms with Crippen LogP contribution in [0.4, 0.5) is 0 Å². The van der Waals surface area contributed by atoms with E-state index in [-0.39, 0.29) is 12.0 Å². The van der Waals surface area contributed by atoms with E-state index in [9.17, 15) is 9.90 Å². The second kappa shape index (κ2) is 5.93. The van der Waals surface area contributed by atoms with Crippen molar-refractivity contribution in [2.45, 2.75) is 25.9 Å². The molecule has 1 amide bonds. The van der Waals surface area contributed by atoms with Crippen molar-refractivity contribution in [3.63, 3.8) is 0 Å². The van der Waals surface area contributed by atoms with Gasteiger partial charge < -0.3 is 10.0 Å². The zero-order valence-electron chi connectivity index (χ0n) is 13.0. The lowest BCUT2D eigenvalue weighted by Gasteiger charge is -2.18. The quantitative estimate of drug-likeness (QED) is 0.803. The summed E-state index contributed by atoms with van der Waals surface area (Å²) in [6.45, 7) is 2.30. The Hall–Kier alpha value is -2.13. The van der Waals surface area contributed by atoms with Crippen LogP contribution in [0, 0.1) is 0 Å². The first-order chi connectivity index (χ1) is 10.6. The fourth-order valence-corrected chi connectivity index (χ4v) is 2.98. The molecule has 1 unspecified atom stereocenters. The Morgan fingerprint density at radius 2 is 1.91 bits per heavy atom. The van der Waals surface area contributed by atoms with Crippen LogP contribution in [0.3, 0.4) is 0 Å². The molecule has 1 aliphatic rings. The Labute approximate surface area is 131 Å². The Morgan fingerprint density at radius 3 is 2.68 bits per heavy atom. The molecule has 3 nitrogen and oxygen atoms in total. The highest BCUT2D eigenvalue weighted by Crippen LogP contribution is 2.36. The summed E-state index contributed by atoms with van der Waals surface area (Å²) in [7, 11) is 1.78. The molecule has 0 radical (unpaired) electrons. The third-order valence-electron chi connectivity index (χ3n) is 4.27. The van der Waals surface area contributed by atoms with Gasteiger partial charge in [-0.1, -0.05) is 30.3 Å². The molecule has 1 N–H and O–H groups in total. The zero-order chi connectivity index (χ0) is 15.7. The van der Waals surface area contributed by atoms with Crippen LogP contribution in [0.25, 0.3) is 11.1 Å².